The van der Waals surface area contributed by atoms with E-state index in [0.29, 0.717) is 54.8 Å². The van der Waals surface area contributed by atoms with Crippen LogP contribution in [0.3, 0.4) is 0 Å². The fourth-order valence-electron chi connectivity index (χ4n) is 3.21. The number of nitrogens with zero attached hydrogens (tertiary/aromatic N) is 2. The van der Waals surface area contributed by atoms with Crippen molar-refractivity contribution in [3.63, 3.8) is 0 Å². The Hall–Kier alpha value is -2.44. The minimum atomic E-state index is -0.229. The zero-order chi connectivity index (χ0) is 20.3. The molecular formula is C21H29N3O4. The Balaban J connectivity index is 1.78. The third kappa shape index (κ3) is 5.09. The van der Waals surface area contributed by atoms with Gasteiger partial charge in [0.25, 0.3) is 11.6 Å². The standard InChI is InChI=1S/C21H29N3O4/c1-21(2,3)12-16-18-14(19(26)22-10-6-5-7-17(25)27-4)11-15(13-8-9-13)23-20(18)28-24-16/h11,13H,5-10,12H2,1-4H3,(H,22,26). The Morgan fingerprint density at radius 2 is 2.04 bits per heavy atom. The summed E-state index contributed by atoms with van der Waals surface area (Å²) in [6.07, 6.45) is 4.63. The van der Waals surface area contributed by atoms with E-state index in [4.69, 9.17) is 4.52 Å². The van der Waals surface area contributed by atoms with Crippen LogP contribution in [0.5, 0.6) is 0 Å². The number of hydrogen-bond donors (Lipinski definition) is 1. The molecule has 0 atom stereocenters. The molecule has 2 heterocycles. The van der Waals surface area contributed by atoms with E-state index in [0.717, 1.165) is 24.2 Å². The number of ether oxygens (including phenoxy) is 1. The molecule has 0 aromatic carbocycles. The van der Waals surface area contributed by atoms with Crippen LogP contribution in [0.4, 0.5) is 0 Å². The number of pyridine rings is 1. The maximum Gasteiger partial charge on any atom is 0.305 e. The molecule has 1 amide bonds. The van der Waals surface area contributed by atoms with Crippen LogP contribution in [0.25, 0.3) is 11.1 Å². The van der Waals surface area contributed by atoms with Crippen LogP contribution in [0.1, 0.15) is 80.5 Å². The summed E-state index contributed by atoms with van der Waals surface area (Å²) in [5, 5.41) is 7.89. The minimum absolute atomic E-state index is 0.0145. The molecule has 2 aromatic rings. The van der Waals surface area contributed by atoms with Gasteiger partial charge in [-0.25, -0.2) is 4.98 Å². The maximum absolute atomic E-state index is 12.9. The van der Waals surface area contributed by atoms with Crippen LogP contribution in [0.15, 0.2) is 10.6 Å². The number of hydrogen-bond acceptors (Lipinski definition) is 6. The predicted molar refractivity (Wildman–Crippen MR) is 105 cm³/mol. The second-order valence-corrected chi connectivity index (χ2v) is 8.70. The summed E-state index contributed by atoms with van der Waals surface area (Å²) >= 11 is 0. The fourth-order valence-corrected chi connectivity index (χ4v) is 3.21. The van der Waals surface area contributed by atoms with E-state index in [1.807, 2.05) is 6.07 Å². The highest BCUT2D eigenvalue weighted by molar-refractivity contribution is 6.06. The summed E-state index contributed by atoms with van der Waals surface area (Å²) in [4.78, 5) is 28.7. The zero-order valence-corrected chi connectivity index (χ0v) is 17.1. The molecule has 1 N–H and O–H groups in total. The molecule has 1 aliphatic rings. The topological polar surface area (TPSA) is 94.3 Å². The number of fused-ring (bicyclic) bond motifs is 1. The van der Waals surface area contributed by atoms with Crippen molar-refractivity contribution in [3.05, 3.63) is 23.0 Å². The third-order valence-electron chi connectivity index (χ3n) is 4.80. The molecule has 0 bridgehead atoms. The quantitative estimate of drug-likeness (QED) is 0.547. The number of rotatable bonds is 8. The first-order valence-electron chi connectivity index (χ1n) is 9.92. The van der Waals surface area contributed by atoms with Gasteiger partial charge in [-0.05, 0) is 43.6 Å². The van der Waals surface area contributed by atoms with Gasteiger partial charge in [-0.15, -0.1) is 0 Å². The molecule has 7 nitrogen and oxygen atoms in total. The largest absolute Gasteiger partial charge is 0.469 e. The van der Waals surface area contributed by atoms with Crippen molar-refractivity contribution < 1.29 is 18.8 Å². The molecular weight excluding hydrogens is 358 g/mol. The highest BCUT2D eigenvalue weighted by atomic mass is 16.5. The average Bonchev–Trinajstić information content (AvgIpc) is 3.42. The van der Waals surface area contributed by atoms with Gasteiger partial charge in [0.05, 0.1) is 23.8 Å². The molecule has 0 aliphatic heterocycles. The van der Waals surface area contributed by atoms with Crippen LogP contribution in [-0.2, 0) is 16.0 Å². The van der Waals surface area contributed by atoms with Crippen molar-refractivity contribution in [2.75, 3.05) is 13.7 Å². The smallest absolute Gasteiger partial charge is 0.305 e. The molecule has 2 aromatic heterocycles. The van der Waals surface area contributed by atoms with Gasteiger partial charge in [0.15, 0.2) is 0 Å². The molecule has 1 saturated carbocycles. The molecule has 1 aliphatic carbocycles. The molecule has 0 unspecified atom stereocenters. The van der Waals surface area contributed by atoms with E-state index >= 15 is 0 Å². The Morgan fingerprint density at radius 3 is 2.68 bits per heavy atom. The second-order valence-electron chi connectivity index (χ2n) is 8.70. The summed E-state index contributed by atoms with van der Waals surface area (Å²) in [7, 11) is 1.38. The highest BCUT2D eigenvalue weighted by Crippen LogP contribution is 2.40. The van der Waals surface area contributed by atoms with Crippen molar-refractivity contribution >= 4 is 23.0 Å². The molecule has 0 spiro atoms. The molecule has 7 heteroatoms. The van der Waals surface area contributed by atoms with Gasteiger partial charge in [-0.3, -0.25) is 9.59 Å². The van der Waals surface area contributed by atoms with Gasteiger partial charge >= 0.3 is 5.97 Å². The van der Waals surface area contributed by atoms with E-state index in [1.54, 1.807) is 0 Å². The number of nitrogens with one attached hydrogen (secondary N) is 1. The van der Waals surface area contributed by atoms with Crippen molar-refractivity contribution in [2.24, 2.45) is 5.41 Å². The van der Waals surface area contributed by atoms with E-state index < -0.39 is 0 Å². The zero-order valence-electron chi connectivity index (χ0n) is 17.1. The molecule has 0 saturated heterocycles. The van der Waals surface area contributed by atoms with Crippen LogP contribution >= 0.6 is 0 Å². The monoisotopic (exact) mass is 387 g/mol. The van der Waals surface area contributed by atoms with Crippen LogP contribution in [-0.4, -0.2) is 35.7 Å². The summed E-state index contributed by atoms with van der Waals surface area (Å²) in [5.41, 5.74) is 2.72. The second kappa shape index (κ2) is 8.29. The van der Waals surface area contributed by atoms with Crippen LogP contribution in [0.2, 0.25) is 0 Å². The predicted octanol–water partition coefficient (Wildman–Crippen LogP) is 3.76. The van der Waals surface area contributed by atoms with Crippen LogP contribution < -0.4 is 5.32 Å². The third-order valence-corrected chi connectivity index (χ3v) is 4.80. The van der Waals surface area contributed by atoms with Crippen LogP contribution in [0, 0.1) is 5.41 Å². The highest BCUT2D eigenvalue weighted by Gasteiger charge is 2.29. The van der Waals surface area contributed by atoms with Gasteiger partial charge in [0, 0.05) is 24.6 Å². The Kier molecular flexibility index (Phi) is 6.01. The summed E-state index contributed by atoms with van der Waals surface area (Å²) < 4.78 is 10.1. The molecule has 28 heavy (non-hydrogen) atoms. The maximum atomic E-state index is 12.9. The number of aromatic nitrogens is 2. The summed E-state index contributed by atoms with van der Waals surface area (Å²) in [5.74, 6) is 0.0328. The lowest BCUT2D eigenvalue weighted by Gasteiger charge is -2.16. The number of amides is 1. The molecule has 1 fully saturated rings. The first-order valence-corrected chi connectivity index (χ1v) is 9.92. The van der Waals surface area contributed by atoms with Gasteiger partial charge < -0.3 is 14.6 Å². The van der Waals surface area contributed by atoms with Crippen molar-refractivity contribution in [1.82, 2.24) is 15.5 Å². The lowest BCUT2D eigenvalue weighted by Crippen LogP contribution is -2.25. The van der Waals surface area contributed by atoms with E-state index in [-0.39, 0.29) is 17.3 Å². The van der Waals surface area contributed by atoms with Crippen molar-refractivity contribution in [3.8, 4) is 0 Å². The number of methoxy groups -OCH3 is 1. The molecule has 3 rings (SSSR count). The fraction of sp³-hybridized carbons (Fsp3) is 0.619. The Labute approximate surface area is 165 Å². The summed E-state index contributed by atoms with van der Waals surface area (Å²) in [6.45, 7) is 6.87. The normalized spacial score (nSPS) is 14.3. The SMILES string of the molecule is COC(=O)CCCCNC(=O)c1cc(C2CC2)nc2onc(CC(C)(C)C)c12. The molecule has 0 radical (unpaired) electrons. The Bertz CT molecular complexity index is 862. The number of esters is 1. The van der Waals surface area contributed by atoms with E-state index in [1.165, 1.54) is 7.11 Å². The van der Waals surface area contributed by atoms with E-state index in [2.05, 4.69) is 41.0 Å². The van der Waals surface area contributed by atoms with Gasteiger partial charge in [0.2, 0.25) is 0 Å². The average molecular weight is 387 g/mol. The molecule has 152 valence electrons. The number of carbonyl (C=O) groups excluding carboxylic acids is 2. The van der Waals surface area contributed by atoms with Gasteiger partial charge in [0.1, 0.15) is 0 Å². The number of carbonyl (C=O) groups is 2. The first kappa shape index (κ1) is 20.3. The van der Waals surface area contributed by atoms with Crippen molar-refractivity contribution in [2.45, 2.75) is 65.2 Å². The Morgan fingerprint density at radius 1 is 1.29 bits per heavy atom. The van der Waals surface area contributed by atoms with Crippen molar-refractivity contribution in [1.29, 1.82) is 0 Å². The van der Waals surface area contributed by atoms with Gasteiger partial charge in [-0.2, -0.15) is 0 Å². The number of unbranched alkanes of at least 4 members (excludes halogenated alkanes) is 1. The summed E-state index contributed by atoms with van der Waals surface area (Å²) in [6, 6.07) is 1.90. The first-order chi connectivity index (χ1) is 13.3. The van der Waals surface area contributed by atoms with Gasteiger partial charge in [-0.1, -0.05) is 25.9 Å². The minimum Gasteiger partial charge on any atom is -0.469 e. The van der Waals surface area contributed by atoms with E-state index in [9.17, 15) is 9.59 Å². The lowest BCUT2D eigenvalue weighted by molar-refractivity contribution is -0.140. The lowest BCUT2D eigenvalue weighted by atomic mass is 9.89.